The number of amides is 3. The van der Waals surface area contributed by atoms with Gasteiger partial charge in [0.2, 0.25) is 17.7 Å². The second-order valence-corrected chi connectivity index (χ2v) is 8.60. The molecule has 10 heteroatoms. The van der Waals surface area contributed by atoms with Crippen molar-refractivity contribution in [1.82, 2.24) is 10.6 Å². The second-order valence-electron chi connectivity index (χ2n) is 8.60. The molecule has 1 aliphatic carbocycles. The summed E-state index contributed by atoms with van der Waals surface area (Å²) in [5.41, 5.74) is 10.6. The van der Waals surface area contributed by atoms with Gasteiger partial charge in [0.1, 0.15) is 18.7 Å². The highest BCUT2D eigenvalue weighted by atomic mass is 16.5. The summed E-state index contributed by atoms with van der Waals surface area (Å²) in [6.45, 7) is 3.14. The number of esters is 1. The maximum Gasteiger partial charge on any atom is 0.328 e. The van der Waals surface area contributed by atoms with Gasteiger partial charge in [0.15, 0.2) is 0 Å². The fourth-order valence-electron chi connectivity index (χ4n) is 3.40. The van der Waals surface area contributed by atoms with E-state index in [9.17, 15) is 24.3 Å². The minimum Gasteiger partial charge on any atom is -0.459 e. The Kier molecular flexibility index (Phi) is 8.73. The zero-order valence-corrected chi connectivity index (χ0v) is 18.4. The Bertz CT molecular complexity index is 831. The number of ether oxygens (including phenoxy) is 1. The maximum absolute atomic E-state index is 12.7. The van der Waals surface area contributed by atoms with Crippen LogP contribution in [0.1, 0.15) is 38.7 Å². The average Bonchev–Trinajstić information content (AvgIpc) is 3.39. The van der Waals surface area contributed by atoms with Crippen LogP contribution in [0.5, 0.6) is 0 Å². The first-order valence-corrected chi connectivity index (χ1v) is 10.6. The summed E-state index contributed by atoms with van der Waals surface area (Å²) in [6, 6.07) is 6.85. The zero-order chi connectivity index (χ0) is 23.9. The third kappa shape index (κ3) is 7.03. The fraction of sp³-hybridized carbons (Fsp3) is 0.545. The number of nitrogens with two attached hydrogens (primary N) is 2. The van der Waals surface area contributed by atoms with Gasteiger partial charge in [-0.2, -0.15) is 0 Å². The molecule has 2 unspecified atom stereocenters. The highest BCUT2D eigenvalue weighted by Gasteiger charge is 2.57. The van der Waals surface area contributed by atoms with E-state index in [1.165, 1.54) is 0 Å². The van der Waals surface area contributed by atoms with Crippen LogP contribution >= 0.6 is 0 Å². The molecule has 2 rings (SSSR count). The molecule has 0 radical (unpaired) electrons. The summed E-state index contributed by atoms with van der Waals surface area (Å²) in [4.78, 5) is 48.8. The summed E-state index contributed by atoms with van der Waals surface area (Å²) < 4.78 is 5.33. The molecule has 3 amide bonds. The molecule has 0 aliphatic heterocycles. The van der Waals surface area contributed by atoms with E-state index in [4.69, 9.17) is 16.2 Å². The summed E-state index contributed by atoms with van der Waals surface area (Å²) >= 11 is 0. The Morgan fingerprint density at radius 1 is 1.16 bits per heavy atom. The number of hydrogen-bond donors (Lipinski definition) is 5. The van der Waals surface area contributed by atoms with Crippen molar-refractivity contribution in [3.8, 4) is 0 Å². The Labute approximate surface area is 187 Å². The third-order valence-corrected chi connectivity index (χ3v) is 5.36. The predicted octanol–water partition coefficient (Wildman–Crippen LogP) is -0.669. The molecule has 10 nitrogen and oxygen atoms in total. The first kappa shape index (κ1) is 25.3. The molecule has 1 aromatic carbocycles. The van der Waals surface area contributed by atoms with Crippen LogP contribution in [-0.4, -0.2) is 53.0 Å². The summed E-state index contributed by atoms with van der Waals surface area (Å²) in [7, 11) is 0. The van der Waals surface area contributed by atoms with Gasteiger partial charge in [-0.3, -0.25) is 14.4 Å². The molecule has 1 fully saturated rings. The lowest BCUT2D eigenvalue weighted by Gasteiger charge is -2.23. The largest absolute Gasteiger partial charge is 0.459 e. The SMILES string of the molecule is CC(C)C[C@H](NC(=O)[C@H](CO)NC(=O)C1(N)CC1CC(N)=O)C(=O)OCc1ccccc1. The fourth-order valence-corrected chi connectivity index (χ4v) is 3.40. The molecule has 0 spiro atoms. The van der Waals surface area contributed by atoms with Crippen molar-refractivity contribution in [2.45, 2.75) is 57.3 Å². The van der Waals surface area contributed by atoms with E-state index in [-0.39, 0.29) is 25.4 Å². The molecule has 0 heterocycles. The van der Waals surface area contributed by atoms with Crippen molar-refractivity contribution in [2.75, 3.05) is 6.61 Å². The molecule has 176 valence electrons. The van der Waals surface area contributed by atoms with Crippen molar-refractivity contribution >= 4 is 23.7 Å². The quantitative estimate of drug-likeness (QED) is 0.264. The minimum absolute atomic E-state index is 0.0381. The van der Waals surface area contributed by atoms with Gasteiger partial charge in [0, 0.05) is 6.42 Å². The standard InChI is InChI=1S/C22H32N4O6/c1-13(2)8-16(20(30)32-12-14-6-4-3-5-7-14)25-19(29)17(11-27)26-21(31)22(24)10-15(22)9-18(23)28/h3-7,13,15-17,27H,8-12,24H2,1-2H3,(H2,23,28)(H,25,29)(H,26,31)/t15?,16-,17-,22?/m0/s1. The summed E-state index contributed by atoms with van der Waals surface area (Å²) in [5, 5.41) is 14.6. The Hall–Kier alpha value is -2.98. The van der Waals surface area contributed by atoms with Crippen molar-refractivity contribution in [2.24, 2.45) is 23.3 Å². The number of primary amides is 1. The van der Waals surface area contributed by atoms with Crippen LogP contribution in [0.2, 0.25) is 0 Å². The van der Waals surface area contributed by atoms with Crippen molar-refractivity contribution in [3.63, 3.8) is 0 Å². The predicted molar refractivity (Wildman–Crippen MR) is 115 cm³/mol. The van der Waals surface area contributed by atoms with E-state index in [2.05, 4.69) is 10.6 Å². The number of hydrogen-bond acceptors (Lipinski definition) is 7. The van der Waals surface area contributed by atoms with Crippen LogP contribution in [0.3, 0.4) is 0 Å². The summed E-state index contributed by atoms with van der Waals surface area (Å²) in [6.07, 6.45) is 0.528. The van der Waals surface area contributed by atoms with Gasteiger partial charge in [-0.05, 0) is 30.2 Å². The van der Waals surface area contributed by atoms with Gasteiger partial charge in [0.25, 0.3) is 0 Å². The van der Waals surface area contributed by atoms with Gasteiger partial charge in [-0.15, -0.1) is 0 Å². The number of aliphatic hydroxyl groups is 1. The molecule has 1 aliphatic rings. The molecule has 0 bridgehead atoms. The highest BCUT2D eigenvalue weighted by Crippen LogP contribution is 2.43. The van der Waals surface area contributed by atoms with Gasteiger partial charge in [-0.1, -0.05) is 44.2 Å². The molecular weight excluding hydrogens is 416 g/mol. The number of carbonyl (C=O) groups is 4. The number of nitrogens with one attached hydrogen (secondary N) is 2. The third-order valence-electron chi connectivity index (χ3n) is 5.36. The Balaban J connectivity index is 1.96. The lowest BCUT2D eigenvalue weighted by atomic mass is 10.0. The Morgan fingerprint density at radius 3 is 2.38 bits per heavy atom. The normalized spacial score (nSPS) is 21.3. The molecule has 32 heavy (non-hydrogen) atoms. The van der Waals surface area contributed by atoms with Gasteiger partial charge in [-0.25, -0.2) is 4.79 Å². The molecule has 1 aromatic rings. The van der Waals surface area contributed by atoms with Crippen LogP contribution in [0, 0.1) is 11.8 Å². The maximum atomic E-state index is 12.7. The van der Waals surface area contributed by atoms with Crippen molar-refractivity contribution < 1.29 is 29.0 Å². The lowest BCUT2D eigenvalue weighted by Crippen LogP contribution is -2.57. The zero-order valence-electron chi connectivity index (χ0n) is 18.4. The molecule has 0 aromatic heterocycles. The number of benzene rings is 1. The lowest BCUT2D eigenvalue weighted by molar-refractivity contribution is -0.150. The van der Waals surface area contributed by atoms with Crippen LogP contribution in [0.4, 0.5) is 0 Å². The Morgan fingerprint density at radius 2 is 1.81 bits per heavy atom. The molecule has 4 atom stereocenters. The van der Waals surface area contributed by atoms with Crippen LogP contribution in [-0.2, 0) is 30.5 Å². The van der Waals surface area contributed by atoms with E-state index >= 15 is 0 Å². The molecule has 7 N–H and O–H groups in total. The average molecular weight is 449 g/mol. The van der Waals surface area contributed by atoms with E-state index in [1.54, 1.807) is 0 Å². The molecule has 1 saturated carbocycles. The van der Waals surface area contributed by atoms with Crippen molar-refractivity contribution in [3.05, 3.63) is 35.9 Å². The van der Waals surface area contributed by atoms with E-state index in [0.29, 0.717) is 6.42 Å². The molecular formula is C22H32N4O6. The van der Waals surface area contributed by atoms with Crippen LogP contribution in [0.25, 0.3) is 0 Å². The number of carbonyl (C=O) groups excluding carboxylic acids is 4. The first-order valence-electron chi connectivity index (χ1n) is 10.6. The van der Waals surface area contributed by atoms with Gasteiger partial charge < -0.3 is 31.9 Å². The number of aliphatic hydroxyl groups excluding tert-OH is 1. The van der Waals surface area contributed by atoms with E-state index < -0.39 is 53.8 Å². The monoisotopic (exact) mass is 448 g/mol. The van der Waals surface area contributed by atoms with Crippen LogP contribution in [0.15, 0.2) is 30.3 Å². The highest BCUT2D eigenvalue weighted by molar-refractivity contribution is 5.96. The second kappa shape index (κ2) is 11.1. The smallest absolute Gasteiger partial charge is 0.328 e. The van der Waals surface area contributed by atoms with Gasteiger partial charge >= 0.3 is 5.97 Å². The van der Waals surface area contributed by atoms with E-state index in [0.717, 1.165) is 5.56 Å². The molecule has 0 saturated heterocycles. The minimum atomic E-state index is -1.31. The van der Waals surface area contributed by atoms with E-state index in [1.807, 2.05) is 44.2 Å². The first-order chi connectivity index (χ1) is 15.1. The van der Waals surface area contributed by atoms with Crippen LogP contribution < -0.4 is 22.1 Å². The van der Waals surface area contributed by atoms with Gasteiger partial charge in [0.05, 0.1) is 12.1 Å². The topological polar surface area (TPSA) is 174 Å². The summed E-state index contributed by atoms with van der Waals surface area (Å²) in [5.74, 6) is -2.93. The van der Waals surface area contributed by atoms with Crippen molar-refractivity contribution in [1.29, 1.82) is 0 Å². The number of rotatable bonds is 12.